The smallest absolute Gasteiger partial charge is 0.212 e. The molecule has 1 aliphatic rings. The summed E-state index contributed by atoms with van der Waals surface area (Å²) in [4.78, 5) is 0. The van der Waals surface area contributed by atoms with Crippen LogP contribution in [-0.4, -0.2) is 32.8 Å². The fourth-order valence-electron chi connectivity index (χ4n) is 2.55. The number of nitrogens with one attached hydrogen (secondary N) is 2. The average Bonchev–Trinajstić information content (AvgIpc) is 2.28. The van der Waals surface area contributed by atoms with Crippen LogP contribution in [0.15, 0.2) is 0 Å². The molecular weight excluding hydrogens is 248 g/mol. The third-order valence-electron chi connectivity index (χ3n) is 3.55. The van der Waals surface area contributed by atoms with Gasteiger partial charge in [0.1, 0.15) is 0 Å². The van der Waals surface area contributed by atoms with Crippen LogP contribution >= 0.6 is 0 Å². The lowest BCUT2D eigenvalue weighted by Crippen LogP contribution is -2.48. The van der Waals surface area contributed by atoms with Crippen LogP contribution in [0.4, 0.5) is 0 Å². The molecule has 0 aromatic rings. The first-order chi connectivity index (χ1) is 8.47. The van der Waals surface area contributed by atoms with Crippen molar-refractivity contribution in [1.29, 1.82) is 0 Å². The maximum atomic E-state index is 12.0. The van der Waals surface area contributed by atoms with Gasteiger partial charge in [0, 0.05) is 5.54 Å². The lowest BCUT2D eigenvalue weighted by Gasteiger charge is -2.34. The number of sulfonamides is 1. The van der Waals surface area contributed by atoms with E-state index in [0.717, 1.165) is 45.2 Å². The minimum absolute atomic E-state index is 0.200. The Kier molecular flexibility index (Phi) is 6.60. The minimum atomic E-state index is -3.12. The molecule has 1 saturated carbocycles. The van der Waals surface area contributed by atoms with Gasteiger partial charge in [0.25, 0.3) is 0 Å². The van der Waals surface area contributed by atoms with Crippen molar-refractivity contribution in [2.75, 3.05) is 18.8 Å². The fourth-order valence-corrected chi connectivity index (χ4v) is 4.13. The first kappa shape index (κ1) is 15.9. The Morgan fingerprint density at radius 2 is 1.78 bits per heavy atom. The van der Waals surface area contributed by atoms with Crippen LogP contribution in [0.5, 0.6) is 0 Å². The molecule has 18 heavy (non-hydrogen) atoms. The summed E-state index contributed by atoms with van der Waals surface area (Å²) in [6.45, 7) is 5.89. The van der Waals surface area contributed by atoms with E-state index >= 15 is 0 Å². The van der Waals surface area contributed by atoms with Crippen LogP contribution in [-0.2, 0) is 10.0 Å². The second-order valence-electron chi connectivity index (χ2n) is 5.65. The predicted molar refractivity (Wildman–Crippen MR) is 76.2 cm³/mol. The highest BCUT2D eigenvalue weighted by Crippen LogP contribution is 2.28. The molecule has 4 nitrogen and oxygen atoms in total. The molecule has 1 fully saturated rings. The Morgan fingerprint density at radius 3 is 2.39 bits per heavy atom. The molecule has 0 bridgehead atoms. The molecule has 0 aromatic heterocycles. The zero-order chi connectivity index (χ0) is 13.5. The molecule has 0 unspecified atom stereocenters. The highest BCUT2D eigenvalue weighted by Gasteiger charge is 2.30. The molecule has 0 spiro atoms. The summed E-state index contributed by atoms with van der Waals surface area (Å²) < 4.78 is 26.9. The second-order valence-corrected chi connectivity index (χ2v) is 7.49. The van der Waals surface area contributed by atoms with Gasteiger partial charge >= 0.3 is 0 Å². The molecule has 0 aromatic carbocycles. The molecule has 0 aliphatic heterocycles. The van der Waals surface area contributed by atoms with Crippen molar-refractivity contribution in [2.45, 2.75) is 64.3 Å². The molecule has 0 saturated heterocycles. The van der Waals surface area contributed by atoms with Crippen LogP contribution in [0.3, 0.4) is 0 Å². The molecular formula is C13H28N2O2S. The van der Waals surface area contributed by atoms with E-state index in [0.29, 0.717) is 6.42 Å². The average molecular weight is 276 g/mol. The van der Waals surface area contributed by atoms with Crippen LogP contribution in [0.2, 0.25) is 0 Å². The normalized spacial score (nSPS) is 19.9. The van der Waals surface area contributed by atoms with Gasteiger partial charge in [0.2, 0.25) is 10.0 Å². The summed E-state index contributed by atoms with van der Waals surface area (Å²) in [6, 6.07) is 0. The van der Waals surface area contributed by atoms with Crippen molar-refractivity contribution in [2.24, 2.45) is 0 Å². The highest BCUT2D eigenvalue weighted by atomic mass is 32.2. The van der Waals surface area contributed by atoms with E-state index in [-0.39, 0.29) is 11.3 Å². The van der Waals surface area contributed by atoms with Gasteiger partial charge in [-0.15, -0.1) is 0 Å². The molecule has 0 atom stereocenters. The van der Waals surface area contributed by atoms with Crippen molar-refractivity contribution >= 4 is 10.0 Å². The zero-order valence-electron chi connectivity index (χ0n) is 11.8. The van der Waals surface area contributed by atoms with E-state index in [4.69, 9.17) is 0 Å². The number of rotatable bonds is 8. The lowest BCUT2D eigenvalue weighted by atomic mass is 9.84. The molecule has 0 amide bonds. The van der Waals surface area contributed by atoms with Gasteiger partial charge in [-0.2, -0.15) is 0 Å². The molecule has 2 N–H and O–H groups in total. The summed E-state index contributed by atoms with van der Waals surface area (Å²) in [7, 11) is -3.12. The summed E-state index contributed by atoms with van der Waals surface area (Å²) in [6.07, 6.45) is 7.22. The molecule has 1 aliphatic carbocycles. The number of hydrogen-bond acceptors (Lipinski definition) is 3. The lowest BCUT2D eigenvalue weighted by molar-refractivity contribution is 0.294. The summed E-state index contributed by atoms with van der Waals surface area (Å²) in [5, 5.41) is 3.23. The van der Waals surface area contributed by atoms with E-state index in [9.17, 15) is 8.42 Å². The Hall–Kier alpha value is -0.130. The molecule has 0 radical (unpaired) electrons. The van der Waals surface area contributed by atoms with E-state index in [1.807, 2.05) is 6.92 Å². The van der Waals surface area contributed by atoms with Gasteiger partial charge in [-0.05, 0) is 45.7 Å². The first-order valence-electron chi connectivity index (χ1n) is 7.20. The topological polar surface area (TPSA) is 58.2 Å². The largest absolute Gasteiger partial charge is 0.317 e. The maximum absolute atomic E-state index is 12.0. The minimum Gasteiger partial charge on any atom is -0.317 e. The van der Waals surface area contributed by atoms with Crippen LogP contribution in [0.1, 0.15) is 58.8 Å². The van der Waals surface area contributed by atoms with E-state index in [2.05, 4.69) is 17.0 Å². The Balaban J connectivity index is 2.30. The molecule has 1 rings (SSSR count). The second kappa shape index (κ2) is 7.46. The van der Waals surface area contributed by atoms with Gasteiger partial charge < -0.3 is 5.32 Å². The zero-order valence-corrected chi connectivity index (χ0v) is 12.6. The molecule has 5 heteroatoms. The van der Waals surface area contributed by atoms with Crippen LogP contribution in [0.25, 0.3) is 0 Å². The SMILES string of the molecule is CCCNCCCS(=O)(=O)NC1(C)CCCCC1. The van der Waals surface area contributed by atoms with Gasteiger partial charge in [-0.25, -0.2) is 13.1 Å². The van der Waals surface area contributed by atoms with Crippen molar-refractivity contribution in [3.63, 3.8) is 0 Å². The fraction of sp³-hybridized carbons (Fsp3) is 1.00. The van der Waals surface area contributed by atoms with Crippen molar-refractivity contribution < 1.29 is 8.42 Å². The third kappa shape index (κ3) is 6.16. The summed E-state index contributed by atoms with van der Waals surface area (Å²) >= 11 is 0. The first-order valence-corrected chi connectivity index (χ1v) is 8.85. The third-order valence-corrected chi connectivity index (χ3v) is 5.18. The van der Waals surface area contributed by atoms with E-state index in [1.165, 1.54) is 6.42 Å². The quantitative estimate of drug-likeness (QED) is 0.667. The van der Waals surface area contributed by atoms with Gasteiger partial charge in [-0.3, -0.25) is 0 Å². The monoisotopic (exact) mass is 276 g/mol. The molecule has 108 valence electrons. The van der Waals surface area contributed by atoms with Crippen molar-refractivity contribution in [1.82, 2.24) is 10.0 Å². The van der Waals surface area contributed by atoms with E-state index in [1.54, 1.807) is 0 Å². The summed E-state index contributed by atoms with van der Waals surface area (Å²) in [5.41, 5.74) is -0.200. The van der Waals surface area contributed by atoms with Gasteiger partial charge in [-0.1, -0.05) is 26.2 Å². The van der Waals surface area contributed by atoms with Gasteiger partial charge in [0.05, 0.1) is 5.75 Å². The van der Waals surface area contributed by atoms with Crippen LogP contribution < -0.4 is 10.0 Å². The number of hydrogen-bond donors (Lipinski definition) is 2. The molecule has 0 heterocycles. The van der Waals surface area contributed by atoms with Gasteiger partial charge in [0.15, 0.2) is 0 Å². The van der Waals surface area contributed by atoms with Crippen molar-refractivity contribution in [3.8, 4) is 0 Å². The maximum Gasteiger partial charge on any atom is 0.212 e. The standard InChI is InChI=1S/C13H28N2O2S/c1-3-10-14-11-7-12-18(16,17)15-13(2)8-5-4-6-9-13/h14-15H,3-12H2,1-2H3. The Morgan fingerprint density at radius 1 is 1.11 bits per heavy atom. The Bertz CT molecular complexity index is 322. The highest BCUT2D eigenvalue weighted by molar-refractivity contribution is 7.89. The summed E-state index contributed by atoms with van der Waals surface area (Å²) in [5.74, 6) is 0.235. The van der Waals surface area contributed by atoms with E-state index < -0.39 is 10.0 Å². The van der Waals surface area contributed by atoms with Crippen LogP contribution in [0, 0.1) is 0 Å². The predicted octanol–water partition coefficient (Wildman–Crippen LogP) is 2.02. The Labute approximate surface area is 112 Å². The van der Waals surface area contributed by atoms with Crippen molar-refractivity contribution in [3.05, 3.63) is 0 Å².